The van der Waals surface area contributed by atoms with E-state index in [0.717, 1.165) is 0 Å². The second-order valence-electron chi connectivity index (χ2n) is 5.23. The first-order valence-electron chi connectivity index (χ1n) is 6.07. The van der Waals surface area contributed by atoms with Crippen LogP contribution in [0.25, 0.3) is 0 Å². The first-order valence-corrected chi connectivity index (χ1v) is 9.65. The van der Waals surface area contributed by atoms with E-state index in [-0.39, 0.29) is 5.73 Å². The van der Waals surface area contributed by atoms with Crippen molar-refractivity contribution >= 4 is 20.0 Å². The first-order chi connectivity index (χ1) is 9.01. The lowest BCUT2D eigenvalue weighted by Crippen LogP contribution is -2.41. The molecule has 0 rings (SSSR count). The van der Waals surface area contributed by atoms with E-state index in [1.165, 1.54) is 0 Å². The summed E-state index contributed by atoms with van der Waals surface area (Å²) in [5.41, 5.74) is -0.247. The third-order valence-electron chi connectivity index (χ3n) is 2.36. The molecule has 0 spiro atoms. The summed E-state index contributed by atoms with van der Waals surface area (Å²) in [5, 5.41) is 0. The molecule has 8 heteroatoms. The number of ether oxygens (including phenoxy) is 2. The zero-order valence-electron chi connectivity index (χ0n) is 11.9. The molecule has 4 nitrogen and oxygen atoms in total. The van der Waals surface area contributed by atoms with E-state index >= 15 is 0 Å². The van der Waals surface area contributed by atoms with Crippen molar-refractivity contribution in [2.24, 2.45) is 0 Å². The molecule has 0 aliphatic heterocycles. The second kappa shape index (κ2) is 7.46. The molecule has 0 radical (unpaired) electrons. The molecule has 0 N–H and O–H groups in total. The molecule has 0 fully saturated rings. The predicted octanol–water partition coefficient (Wildman–Crippen LogP) is 2.85. The van der Waals surface area contributed by atoms with Gasteiger partial charge in [0, 0.05) is 12.2 Å². The summed E-state index contributed by atoms with van der Waals surface area (Å²) in [7, 11) is -1.71. The van der Waals surface area contributed by atoms with Crippen LogP contribution < -0.4 is 0 Å². The Morgan fingerprint density at radius 2 is 1.70 bits per heavy atom. The Bertz CT molecular complexity index is 377. The Labute approximate surface area is 116 Å². The van der Waals surface area contributed by atoms with E-state index in [0.29, 0.717) is 18.6 Å². The normalized spacial score (nSPS) is 14.2. The highest BCUT2D eigenvalue weighted by Crippen LogP contribution is 2.17. The van der Waals surface area contributed by atoms with Crippen molar-refractivity contribution in [2.45, 2.75) is 44.8 Å². The van der Waals surface area contributed by atoms with Gasteiger partial charge in [-0.2, -0.15) is 8.78 Å². The third-order valence-corrected chi connectivity index (χ3v) is 4.81. The van der Waals surface area contributed by atoms with E-state index in [1.54, 1.807) is 0 Å². The number of carbonyl (C=O) groups is 2. The Morgan fingerprint density at radius 3 is 2.10 bits per heavy atom. The number of esters is 2. The van der Waals surface area contributed by atoms with Crippen LogP contribution in [0.5, 0.6) is 0 Å². The standard InChI is InChI=1S/C12H19F3O4Si/c1-5-11(20(2,3)4)18-9(16)6-7-10(17)19-12(14,15)8-13/h6-7,11H,5,8H2,1-4H3/b7-6+. The van der Waals surface area contributed by atoms with E-state index in [1.807, 2.05) is 26.6 Å². The molecule has 0 saturated carbocycles. The number of hydrogen-bond donors (Lipinski definition) is 0. The van der Waals surface area contributed by atoms with Crippen LogP contribution in [0.3, 0.4) is 0 Å². The highest BCUT2D eigenvalue weighted by atomic mass is 28.3. The summed E-state index contributed by atoms with van der Waals surface area (Å²) in [6.45, 7) is 5.76. The maximum Gasteiger partial charge on any atom is 0.429 e. The van der Waals surface area contributed by atoms with Crippen molar-refractivity contribution in [3.8, 4) is 0 Å². The quantitative estimate of drug-likeness (QED) is 0.412. The molecule has 116 valence electrons. The SMILES string of the molecule is CCC(OC(=O)/C=C/C(=O)OC(F)(F)CF)[Si](C)(C)C. The van der Waals surface area contributed by atoms with E-state index in [4.69, 9.17) is 4.74 Å². The fourth-order valence-electron chi connectivity index (χ4n) is 1.40. The van der Waals surface area contributed by atoms with Crippen molar-refractivity contribution in [3.05, 3.63) is 12.2 Å². The van der Waals surface area contributed by atoms with Gasteiger partial charge in [-0.05, 0) is 6.42 Å². The van der Waals surface area contributed by atoms with E-state index in [2.05, 4.69) is 4.74 Å². The molecule has 0 aliphatic carbocycles. The molecule has 0 amide bonds. The summed E-state index contributed by atoms with van der Waals surface area (Å²) >= 11 is 0. The summed E-state index contributed by atoms with van der Waals surface area (Å²) in [5.74, 6) is -2.33. The highest BCUT2D eigenvalue weighted by molar-refractivity contribution is 6.77. The van der Waals surface area contributed by atoms with E-state index in [9.17, 15) is 22.8 Å². The van der Waals surface area contributed by atoms with Gasteiger partial charge in [0.2, 0.25) is 0 Å². The second-order valence-corrected chi connectivity index (χ2v) is 10.6. The Kier molecular flexibility index (Phi) is 6.97. The monoisotopic (exact) mass is 312 g/mol. The Hall–Kier alpha value is -1.31. The van der Waals surface area contributed by atoms with Crippen LogP contribution in [-0.2, 0) is 19.1 Å². The molecule has 0 aromatic carbocycles. The zero-order valence-corrected chi connectivity index (χ0v) is 12.9. The van der Waals surface area contributed by atoms with Crippen molar-refractivity contribution in [1.82, 2.24) is 0 Å². The van der Waals surface area contributed by atoms with Gasteiger partial charge in [0.1, 0.15) is 0 Å². The lowest BCUT2D eigenvalue weighted by atomic mass is 10.5. The fourth-order valence-corrected chi connectivity index (χ4v) is 3.09. The van der Waals surface area contributed by atoms with Gasteiger partial charge in [0.25, 0.3) is 0 Å². The average molecular weight is 312 g/mol. The van der Waals surface area contributed by atoms with Crippen LogP contribution in [0.4, 0.5) is 13.2 Å². The lowest BCUT2D eigenvalue weighted by Gasteiger charge is -2.26. The highest BCUT2D eigenvalue weighted by Gasteiger charge is 2.33. The number of alkyl halides is 3. The molecular weight excluding hydrogens is 293 g/mol. The maximum atomic E-state index is 12.4. The van der Waals surface area contributed by atoms with E-state index < -0.39 is 32.8 Å². The third kappa shape index (κ3) is 7.32. The lowest BCUT2D eigenvalue weighted by molar-refractivity contribution is -0.234. The van der Waals surface area contributed by atoms with Gasteiger partial charge in [-0.1, -0.05) is 26.6 Å². The van der Waals surface area contributed by atoms with Crippen LogP contribution in [0.2, 0.25) is 19.6 Å². The van der Waals surface area contributed by atoms with Crippen LogP contribution in [0.1, 0.15) is 13.3 Å². The molecule has 1 atom stereocenters. The van der Waals surface area contributed by atoms with Gasteiger partial charge < -0.3 is 9.47 Å². The number of hydrogen-bond acceptors (Lipinski definition) is 4. The topological polar surface area (TPSA) is 52.6 Å². The average Bonchev–Trinajstić information content (AvgIpc) is 2.31. The van der Waals surface area contributed by atoms with Gasteiger partial charge in [-0.25, -0.2) is 14.0 Å². The zero-order chi connectivity index (χ0) is 16.0. The number of carbonyl (C=O) groups excluding carboxylic acids is 2. The smallest absolute Gasteiger partial charge is 0.429 e. The van der Waals surface area contributed by atoms with Crippen LogP contribution in [0.15, 0.2) is 12.2 Å². The predicted molar refractivity (Wildman–Crippen MR) is 69.7 cm³/mol. The van der Waals surface area contributed by atoms with Gasteiger partial charge in [-0.3, -0.25) is 0 Å². The molecular formula is C12H19F3O4Si. The van der Waals surface area contributed by atoms with Gasteiger partial charge in [0.05, 0.1) is 13.8 Å². The largest absolute Gasteiger partial charge is 0.463 e. The van der Waals surface area contributed by atoms with Gasteiger partial charge >= 0.3 is 18.0 Å². The summed E-state index contributed by atoms with van der Waals surface area (Å²) in [4.78, 5) is 22.4. The first kappa shape index (κ1) is 18.7. The van der Waals surface area contributed by atoms with Gasteiger partial charge in [-0.15, -0.1) is 0 Å². The Morgan fingerprint density at radius 1 is 1.20 bits per heavy atom. The van der Waals surface area contributed by atoms with Crippen molar-refractivity contribution in [1.29, 1.82) is 0 Å². The molecule has 0 heterocycles. The minimum Gasteiger partial charge on any atom is -0.463 e. The van der Waals surface area contributed by atoms with Crippen LogP contribution >= 0.6 is 0 Å². The summed E-state index contributed by atoms with van der Waals surface area (Å²) < 4.78 is 45.2. The molecule has 0 aromatic rings. The number of halogens is 3. The summed E-state index contributed by atoms with van der Waals surface area (Å²) in [6.07, 6.45) is -2.38. The molecule has 0 bridgehead atoms. The van der Waals surface area contributed by atoms with Crippen molar-refractivity contribution in [3.63, 3.8) is 0 Å². The van der Waals surface area contributed by atoms with Crippen LogP contribution in [0, 0.1) is 0 Å². The molecule has 1 unspecified atom stereocenters. The summed E-state index contributed by atoms with van der Waals surface area (Å²) in [6, 6.07) is 0. The molecule has 0 saturated heterocycles. The number of rotatable bonds is 7. The minimum absolute atomic E-state index is 0.247. The molecule has 20 heavy (non-hydrogen) atoms. The maximum absolute atomic E-state index is 12.4. The Balaban J connectivity index is 4.47. The molecule has 0 aromatic heterocycles. The van der Waals surface area contributed by atoms with Crippen molar-refractivity contribution in [2.75, 3.05) is 6.67 Å². The van der Waals surface area contributed by atoms with Crippen LogP contribution in [-0.4, -0.2) is 38.5 Å². The van der Waals surface area contributed by atoms with Gasteiger partial charge in [0.15, 0.2) is 6.67 Å². The minimum atomic E-state index is -4.18. The fraction of sp³-hybridized carbons (Fsp3) is 0.667. The molecule has 0 aliphatic rings. The van der Waals surface area contributed by atoms with Crippen molar-refractivity contribution < 1.29 is 32.2 Å².